The van der Waals surface area contributed by atoms with Gasteiger partial charge in [0.2, 0.25) is 5.91 Å². The van der Waals surface area contributed by atoms with E-state index in [1.165, 1.54) is 0 Å². The van der Waals surface area contributed by atoms with Gasteiger partial charge in [0.25, 0.3) is 5.91 Å². The summed E-state index contributed by atoms with van der Waals surface area (Å²) in [6.07, 6.45) is 2.90. The van der Waals surface area contributed by atoms with Crippen molar-refractivity contribution in [2.75, 3.05) is 19.6 Å². The molecule has 0 saturated carbocycles. The second-order valence-corrected chi connectivity index (χ2v) is 9.62. The van der Waals surface area contributed by atoms with E-state index >= 15 is 0 Å². The van der Waals surface area contributed by atoms with Gasteiger partial charge in [-0.2, -0.15) is 0 Å². The lowest BCUT2D eigenvalue weighted by molar-refractivity contribution is -0.132. The molecule has 0 aliphatic carbocycles. The average Bonchev–Trinajstić information content (AvgIpc) is 3.20. The number of nitrogens with one attached hydrogen (secondary N) is 1. The number of hydrogen-bond donors (Lipinski definition) is 1. The number of carbonyl (C=O) groups is 2. The highest BCUT2D eigenvalue weighted by Gasteiger charge is 2.25. The lowest BCUT2D eigenvalue weighted by Gasteiger charge is -2.31. The zero-order valence-corrected chi connectivity index (χ0v) is 19.3. The van der Waals surface area contributed by atoms with Crippen molar-refractivity contribution >= 4 is 56.6 Å². The second kappa shape index (κ2) is 9.98. The van der Waals surface area contributed by atoms with Crippen LogP contribution in [0.1, 0.15) is 47.0 Å². The van der Waals surface area contributed by atoms with Crippen molar-refractivity contribution in [3.05, 3.63) is 63.1 Å². The van der Waals surface area contributed by atoms with Gasteiger partial charge in [-0.05, 0) is 61.7 Å². The summed E-state index contributed by atoms with van der Waals surface area (Å²) in [5.41, 5.74) is 1.52. The predicted octanol–water partition coefficient (Wildman–Crippen LogP) is 5.52. The van der Waals surface area contributed by atoms with Gasteiger partial charge in [-0.3, -0.25) is 9.59 Å². The third-order valence-electron chi connectivity index (χ3n) is 5.52. The summed E-state index contributed by atoms with van der Waals surface area (Å²) in [6, 6.07) is 12.6. The molecule has 0 radical (unpaired) electrons. The molecule has 1 N–H and O–H groups in total. The fourth-order valence-electron chi connectivity index (χ4n) is 3.77. The average molecular weight is 476 g/mol. The van der Waals surface area contributed by atoms with Crippen LogP contribution in [0, 0.1) is 0 Å². The van der Waals surface area contributed by atoms with Crippen molar-refractivity contribution in [3.8, 4) is 0 Å². The van der Waals surface area contributed by atoms with Crippen LogP contribution in [0.5, 0.6) is 0 Å². The molecule has 2 heterocycles. The Morgan fingerprint density at radius 2 is 1.77 bits per heavy atom. The van der Waals surface area contributed by atoms with E-state index in [-0.39, 0.29) is 11.8 Å². The number of nitrogens with zero attached hydrogens (tertiary/aromatic N) is 2. The van der Waals surface area contributed by atoms with E-state index < -0.39 is 0 Å². The number of carbonyl (C=O) groups excluding carboxylic acids is 2. The van der Waals surface area contributed by atoms with E-state index in [1.807, 2.05) is 23.1 Å². The lowest BCUT2D eigenvalue weighted by Crippen LogP contribution is -2.38. The van der Waals surface area contributed by atoms with Crippen LogP contribution in [0.25, 0.3) is 10.2 Å². The Bertz CT molecular complexity index is 1080. The molecular weight excluding hydrogens is 453 g/mol. The van der Waals surface area contributed by atoms with Gasteiger partial charge in [0.1, 0.15) is 0 Å². The van der Waals surface area contributed by atoms with Crippen LogP contribution in [0.4, 0.5) is 0 Å². The first-order chi connectivity index (χ1) is 15.0. The first kappa shape index (κ1) is 22.1. The highest BCUT2D eigenvalue weighted by molar-refractivity contribution is 7.18. The van der Waals surface area contributed by atoms with Crippen LogP contribution < -0.4 is 5.32 Å². The molecule has 3 aromatic rings. The molecule has 0 atom stereocenters. The first-order valence-corrected chi connectivity index (χ1v) is 11.9. The molecule has 1 saturated heterocycles. The molecule has 2 aromatic carbocycles. The zero-order valence-electron chi connectivity index (χ0n) is 16.9. The van der Waals surface area contributed by atoms with Gasteiger partial charge in [0.05, 0.1) is 15.2 Å². The van der Waals surface area contributed by atoms with Gasteiger partial charge in [-0.1, -0.05) is 23.2 Å². The van der Waals surface area contributed by atoms with Crippen molar-refractivity contribution in [2.45, 2.75) is 31.6 Å². The minimum absolute atomic E-state index is 0.148. The molecule has 0 bridgehead atoms. The number of hydrogen-bond acceptors (Lipinski definition) is 4. The number of benzene rings is 2. The van der Waals surface area contributed by atoms with Crippen LogP contribution >= 0.6 is 34.5 Å². The number of fused-ring (bicyclic) bond motifs is 1. The number of rotatable bonds is 6. The summed E-state index contributed by atoms with van der Waals surface area (Å²) >= 11 is 13.6. The van der Waals surface area contributed by atoms with Crippen LogP contribution in [0.2, 0.25) is 10.0 Å². The summed E-state index contributed by atoms with van der Waals surface area (Å²) < 4.78 is 1.15. The normalized spacial score (nSPS) is 14.7. The van der Waals surface area contributed by atoms with Crippen molar-refractivity contribution < 1.29 is 9.59 Å². The topological polar surface area (TPSA) is 62.3 Å². The molecule has 4 rings (SSSR count). The number of aromatic nitrogens is 1. The summed E-state index contributed by atoms with van der Waals surface area (Å²) in [5, 5.41) is 5.29. The van der Waals surface area contributed by atoms with Gasteiger partial charge in [-0.15, -0.1) is 11.3 Å². The predicted molar refractivity (Wildman–Crippen MR) is 126 cm³/mol. The van der Waals surface area contributed by atoms with Gasteiger partial charge in [0.15, 0.2) is 0 Å². The van der Waals surface area contributed by atoms with Gasteiger partial charge in [0, 0.05) is 47.6 Å². The van der Waals surface area contributed by atoms with Crippen molar-refractivity contribution in [3.63, 3.8) is 0 Å². The number of piperidine rings is 1. The van der Waals surface area contributed by atoms with E-state index in [2.05, 4.69) is 5.32 Å². The van der Waals surface area contributed by atoms with Gasteiger partial charge in [-0.25, -0.2) is 4.98 Å². The molecule has 1 aromatic heterocycles. The quantitative estimate of drug-likeness (QED) is 0.477. The van der Waals surface area contributed by atoms with Crippen molar-refractivity contribution in [1.82, 2.24) is 15.2 Å². The largest absolute Gasteiger partial charge is 0.352 e. The number of thiazole rings is 1. The molecule has 8 heteroatoms. The molecule has 162 valence electrons. The summed E-state index contributed by atoms with van der Waals surface area (Å²) in [7, 11) is 0. The Morgan fingerprint density at radius 3 is 2.52 bits per heavy atom. The molecule has 1 fully saturated rings. The monoisotopic (exact) mass is 475 g/mol. The van der Waals surface area contributed by atoms with Crippen LogP contribution in [0.15, 0.2) is 42.5 Å². The van der Waals surface area contributed by atoms with Crippen LogP contribution in [-0.4, -0.2) is 41.3 Å². The first-order valence-electron chi connectivity index (χ1n) is 10.4. The van der Waals surface area contributed by atoms with E-state index in [1.54, 1.807) is 35.6 Å². The fraction of sp³-hybridized carbons (Fsp3) is 0.348. The Hall–Kier alpha value is -2.15. The van der Waals surface area contributed by atoms with E-state index in [4.69, 9.17) is 28.2 Å². The molecule has 31 heavy (non-hydrogen) atoms. The Labute approximate surface area is 195 Å². The van der Waals surface area contributed by atoms with Crippen molar-refractivity contribution in [1.29, 1.82) is 0 Å². The van der Waals surface area contributed by atoms with E-state index in [0.717, 1.165) is 41.2 Å². The van der Waals surface area contributed by atoms with E-state index in [9.17, 15) is 9.59 Å². The number of halogens is 2. The standard InChI is InChI=1S/C23H23Cl2N3O2S/c24-17-5-3-15(4-6-17)22(30)26-11-1-2-21(29)28-12-9-16(10-13-28)23-27-19-14-18(25)7-8-20(19)31-23/h3-8,14,16H,1-2,9-13H2,(H,26,30). The third kappa shape index (κ3) is 5.56. The zero-order chi connectivity index (χ0) is 21.8. The highest BCUT2D eigenvalue weighted by Crippen LogP contribution is 2.34. The Balaban J connectivity index is 1.20. The maximum Gasteiger partial charge on any atom is 0.251 e. The summed E-state index contributed by atoms with van der Waals surface area (Å²) in [6.45, 7) is 1.96. The van der Waals surface area contributed by atoms with Crippen molar-refractivity contribution in [2.24, 2.45) is 0 Å². The Kier molecular flexibility index (Phi) is 7.10. The van der Waals surface area contributed by atoms with Crippen LogP contribution in [0.3, 0.4) is 0 Å². The molecule has 0 unspecified atom stereocenters. The SMILES string of the molecule is O=C(NCCCC(=O)N1CCC(c2nc3cc(Cl)ccc3s2)CC1)c1ccc(Cl)cc1. The molecular formula is C23H23Cl2N3O2S. The van der Waals surface area contributed by atoms with E-state index in [0.29, 0.717) is 40.9 Å². The molecule has 1 aliphatic heterocycles. The highest BCUT2D eigenvalue weighted by atomic mass is 35.5. The van der Waals surface area contributed by atoms with Crippen LogP contribution in [-0.2, 0) is 4.79 Å². The molecule has 0 spiro atoms. The fourth-order valence-corrected chi connectivity index (χ4v) is 5.18. The van der Waals surface area contributed by atoms with Gasteiger partial charge >= 0.3 is 0 Å². The summed E-state index contributed by atoms with van der Waals surface area (Å²) in [5.74, 6) is 0.385. The Morgan fingerprint density at radius 1 is 1.06 bits per heavy atom. The smallest absolute Gasteiger partial charge is 0.251 e. The second-order valence-electron chi connectivity index (χ2n) is 7.69. The maximum absolute atomic E-state index is 12.5. The maximum atomic E-state index is 12.5. The number of likely N-dealkylation sites (tertiary alicyclic amines) is 1. The molecule has 5 nitrogen and oxygen atoms in total. The minimum Gasteiger partial charge on any atom is -0.352 e. The number of amides is 2. The summed E-state index contributed by atoms with van der Waals surface area (Å²) in [4.78, 5) is 31.3. The third-order valence-corrected chi connectivity index (χ3v) is 7.21. The molecule has 1 aliphatic rings. The molecule has 2 amide bonds. The lowest BCUT2D eigenvalue weighted by atomic mass is 9.97. The van der Waals surface area contributed by atoms with Gasteiger partial charge < -0.3 is 10.2 Å². The minimum atomic E-state index is -0.151.